The molecule has 1 atom stereocenters. The molecule has 0 heterocycles. The molecular formula is C5H16Si2. The van der Waals surface area contributed by atoms with Crippen LogP contribution in [0.3, 0.4) is 0 Å². The Kier molecular flexibility index (Phi) is 2.27. The first-order chi connectivity index (χ1) is 2.94. The summed E-state index contributed by atoms with van der Waals surface area (Å²) in [5, 5.41) is 1.08. The lowest BCUT2D eigenvalue weighted by molar-refractivity contribution is 1.26. The van der Waals surface area contributed by atoms with E-state index in [1.54, 1.807) is 0 Å². The Morgan fingerprint density at radius 1 is 1.29 bits per heavy atom. The molecule has 0 spiro atoms. The molecule has 0 saturated carbocycles. The molecule has 0 aromatic heterocycles. The van der Waals surface area contributed by atoms with Crippen molar-refractivity contribution in [3.63, 3.8) is 0 Å². The lowest BCUT2D eigenvalue weighted by Gasteiger charge is -2.19. The van der Waals surface area contributed by atoms with E-state index >= 15 is 0 Å². The van der Waals surface area contributed by atoms with E-state index in [0.29, 0.717) is 0 Å². The van der Waals surface area contributed by atoms with E-state index in [4.69, 9.17) is 0 Å². The predicted octanol–water partition coefficient (Wildman–Crippen LogP) is 1.04. The molecule has 44 valence electrons. The Morgan fingerprint density at radius 3 is 1.43 bits per heavy atom. The average Bonchev–Trinajstić information content (AvgIpc) is 1.31. The Hall–Kier alpha value is 0.434. The van der Waals surface area contributed by atoms with Crippen LogP contribution in [-0.2, 0) is 0 Å². The zero-order chi connectivity index (χ0) is 6.08. The van der Waals surface area contributed by atoms with Crippen molar-refractivity contribution in [1.82, 2.24) is 0 Å². The summed E-state index contributed by atoms with van der Waals surface area (Å²) >= 11 is 0. The van der Waals surface area contributed by atoms with Crippen LogP contribution in [0.25, 0.3) is 0 Å². The lowest BCUT2D eigenvalue weighted by Crippen LogP contribution is -2.25. The van der Waals surface area contributed by atoms with Gasteiger partial charge in [0.25, 0.3) is 0 Å². The predicted molar refractivity (Wildman–Crippen MR) is 42.7 cm³/mol. The summed E-state index contributed by atoms with van der Waals surface area (Å²) in [6.07, 6.45) is 0. The van der Waals surface area contributed by atoms with Crippen LogP contribution in [0, 0.1) is 0 Å². The highest BCUT2D eigenvalue weighted by Crippen LogP contribution is 2.15. The standard InChI is InChI=1S/C5H16Si2/c1-5(6)7(2,3)4/h5H,1-4,6H3. The smallest absolute Gasteiger partial charge is 0.0436 e. The van der Waals surface area contributed by atoms with E-state index in [2.05, 4.69) is 26.6 Å². The van der Waals surface area contributed by atoms with Crippen LogP contribution in [0.4, 0.5) is 0 Å². The van der Waals surface area contributed by atoms with Gasteiger partial charge in [-0.15, -0.1) is 0 Å². The van der Waals surface area contributed by atoms with Crippen LogP contribution in [-0.4, -0.2) is 18.3 Å². The fraction of sp³-hybridized carbons (Fsp3) is 1.00. The quantitative estimate of drug-likeness (QED) is 0.468. The molecule has 2 heteroatoms. The minimum Gasteiger partial charge on any atom is -0.0696 e. The van der Waals surface area contributed by atoms with Gasteiger partial charge in [0.15, 0.2) is 0 Å². The number of hydrogen-bond donors (Lipinski definition) is 0. The van der Waals surface area contributed by atoms with Crippen molar-refractivity contribution < 1.29 is 0 Å². The Bertz CT molecular complexity index is 51.6. The van der Waals surface area contributed by atoms with Crippen molar-refractivity contribution >= 4 is 18.3 Å². The maximum atomic E-state index is 2.44. The van der Waals surface area contributed by atoms with Gasteiger partial charge in [-0.3, -0.25) is 0 Å². The van der Waals surface area contributed by atoms with E-state index in [0.717, 1.165) is 5.16 Å². The van der Waals surface area contributed by atoms with Gasteiger partial charge in [-0.05, 0) is 0 Å². The Balaban J connectivity index is 3.54. The van der Waals surface area contributed by atoms with Crippen LogP contribution >= 0.6 is 0 Å². The van der Waals surface area contributed by atoms with Crippen LogP contribution in [0.1, 0.15) is 6.92 Å². The normalized spacial score (nSPS) is 17.1. The SMILES string of the molecule is CC([SiH3])[Si](C)(C)C. The molecule has 0 radical (unpaired) electrons. The molecule has 0 rings (SSSR count). The van der Waals surface area contributed by atoms with Gasteiger partial charge in [0.1, 0.15) is 0 Å². The van der Waals surface area contributed by atoms with Gasteiger partial charge in [-0.2, -0.15) is 0 Å². The second-order valence-corrected chi connectivity index (χ2v) is 12.3. The molecular weight excluding hydrogens is 116 g/mol. The van der Waals surface area contributed by atoms with Crippen molar-refractivity contribution in [2.24, 2.45) is 0 Å². The van der Waals surface area contributed by atoms with Crippen LogP contribution in [0.2, 0.25) is 24.8 Å². The third kappa shape index (κ3) is 3.06. The van der Waals surface area contributed by atoms with Crippen molar-refractivity contribution in [3.05, 3.63) is 0 Å². The number of hydrogen-bond acceptors (Lipinski definition) is 0. The fourth-order valence-electron chi connectivity index (χ4n) is 0. The van der Waals surface area contributed by atoms with E-state index < -0.39 is 8.07 Å². The minimum absolute atomic E-state index is 0.673. The summed E-state index contributed by atoms with van der Waals surface area (Å²) in [5.41, 5.74) is 0. The summed E-state index contributed by atoms with van der Waals surface area (Å²) in [7, 11) is 0.717. The zero-order valence-corrected chi connectivity index (χ0v) is 9.08. The molecule has 1 unspecified atom stereocenters. The highest BCUT2D eigenvalue weighted by atomic mass is 28.4. The van der Waals surface area contributed by atoms with E-state index in [1.807, 2.05) is 0 Å². The molecule has 0 aliphatic heterocycles. The summed E-state index contributed by atoms with van der Waals surface area (Å²) in [6.45, 7) is 9.68. The molecule has 0 aliphatic carbocycles. The molecule has 7 heavy (non-hydrogen) atoms. The summed E-state index contributed by atoms with van der Waals surface area (Å²) in [5.74, 6) is 0. The zero-order valence-electron chi connectivity index (χ0n) is 6.08. The summed E-state index contributed by atoms with van der Waals surface area (Å²) in [4.78, 5) is 0. The molecule has 0 amide bonds. The van der Waals surface area contributed by atoms with E-state index in [1.165, 1.54) is 10.2 Å². The first-order valence-corrected chi connectivity index (χ1v) is 7.68. The van der Waals surface area contributed by atoms with Crippen molar-refractivity contribution in [2.45, 2.75) is 31.7 Å². The molecule has 0 fully saturated rings. The topological polar surface area (TPSA) is 0 Å². The minimum atomic E-state index is -0.673. The van der Waals surface area contributed by atoms with Crippen LogP contribution in [0.5, 0.6) is 0 Å². The third-order valence-electron chi connectivity index (χ3n) is 1.73. The first kappa shape index (κ1) is 7.43. The fourth-order valence-corrected chi connectivity index (χ4v) is 0. The molecule has 0 bridgehead atoms. The van der Waals surface area contributed by atoms with Gasteiger partial charge < -0.3 is 0 Å². The Morgan fingerprint density at radius 2 is 1.43 bits per heavy atom. The van der Waals surface area contributed by atoms with E-state index in [9.17, 15) is 0 Å². The lowest BCUT2D eigenvalue weighted by atomic mass is 10.9. The third-order valence-corrected chi connectivity index (χ3v) is 10.4. The molecule has 0 aromatic carbocycles. The van der Waals surface area contributed by atoms with Gasteiger partial charge in [-0.25, -0.2) is 0 Å². The Labute approximate surface area is 50.8 Å². The second kappa shape index (κ2) is 2.13. The second-order valence-electron chi connectivity index (χ2n) is 3.52. The highest BCUT2D eigenvalue weighted by molar-refractivity contribution is 6.82. The van der Waals surface area contributed by atoms with Gasteiger partial charge in [-0.1, -0.05) is 31.7 Å². The molecule has 0 aromatic rings. The van der Waals surface area contributed by atoms with Crippen molar-refractivity contribution in [3.8, 4) is 0 Å². The van der Waals surface area contributed by atoms with Gasteiger partial charge >= 0.3 is 0 Å². The maximum Gasteiger partial charge on any atom is 0.0436 e. The molecule has 0 nitrogen and oxygen atoms in total. The first-order valence-electron chi connectivity index (χ1n) is 2.94. The number of rotatable bonds is 1. The van der Waals surface area contributed by atoms with Crippen molar-refractivity contribution in [1.29, 1.82) is 0 Å². The van der Waals surface area contributed by atoms with Crippen molar-refractivity contribution in [2.75, 3.05) is 0 Å². The van der Waals surface area contributed by atoms with Crippen LogP contribution < -0.4 is 0 Å². The molecule has 0 N–H and O–H groups in total. The van der Waals surface area contributed by atoms with Crippen LogP contribution in [0.15, 0.2) is 0 Å². The van der Waals surface area contributed by atoms with E-state index in [-0.39, 0.29) is 0 Å². The monoisotopic (exact) mass is 132 g/mol. The van der Waals surface area contributed by atoms with Gasteiger partial charge in [0.2, 0.25) is 0 Å². The molecule has 0 saturated heterocycles. The van der Waals surface area contributed by atoms with Gasteiger partial charge in [0, 0.05) is 18.3 Å². The average molecular weight is 132 g/mol. The summed E-state index contributed by atoms with van der Waals surface area (Å²) in [6, 6.07) is 0. The summed E-state index contributed by atoms with van der Waals surface area (Å²) < 4.78 is 0. The molecule has 0 aliphatic rings. The highest BCUT2D eigenvalue weighted by Gasteiger charge is 2.16. The largest absolute Gasteiger partial charge is 0.0696 e. The van der Waals surface area contributed by atoms with Gasteiger partial charge in [0.05, 0.1) is 0 Å². The maximum absolute atomic E-state index is 2.44.